The van der Waals surface area contributed by atoms with Crippen molar-refractivity contribution in [1.29, 1.82) is 0 Å². The molecule has 0 aromatic carbocycles. The molecule has 0 unspecified atom stereocenters. The number of aromatic nitrogens is 3. The van der Waals surface area contributed by atoms with E-state index in [1.807, 2.05) is 22.2 Å². The molecule has 2 aromatic rings. The second-order valence-corrected chi connectivity index (χ2v) is 3.64. The van der Waals surface area contributed by atoms with Gasteiger partial charge in [-0.3, -0.25) is 9.56 Å². The van der Waals surface area contributed by atoms with Crippen LogP contribution in [0.1, 0.15) is 5.82 Å². The van der Waals surface area contributed by atoms with E-state index in [9.17, 15) is 0 Å². The molecule has 0 N–H and O–H groups in total. The lowest BCUT2D eigenvalue weighted by molar-refractivity contribution is 0.963. The fourth-order valence-corrected chi connectivity index (χ4v) is 2.20. The molecule has 0 fully saturated rings. The molecule has 0 aliphatic carbocycles. The summed E-state index contributed by atoms with van der Waals surface area (Å²) < 4.78 is 1.99. The van der Waals surface area contributed by atoms with Crippen LogP contribution in [0.25, 0.3) is 5.00 Å². The van der Waals surface area contributed by atoms with Gasteiger partial charge in [0.2, 0.25) is 0 Å². The van der Waals surface area contributed by atoms with Crippen molar-refractivity contribution in [3.63, 3.8) is 0 Å². The van der Waals surface area contributed by atoms with Gasteiger partial charge in [0, 0.05) is 12.6 Å². The second kappa shape index (κ2) is 2.50. The first-order chi connectivity index (χ1) is 6.45. The molecule has 5 heteroatoms. The third-order valence-electron chi connectivity index (χ3n) is 1.97. The van der Waals surface area contributed by atoms with Crippen molar-refractivity contribution >= 4 is 23.2 Å². The van der Waals surface area contributed by atoms with Crippen LogP contribution in [0, 0.1) is 0 Å². The van der Waals surface area contributed by atoms with Gasteiger partial charge < -0.3 is 0 Å². The van der Waals surface area contributed by atoms with Crippen LogP contribution >= 0.6 is 11.3 Å². The zero-order valence-electron chi connectivity index (χ0n) is 6.71. The minimum absolute atomic E-state index is 0.751. The molecule has 0 bridgehead atoms. The maximum Gasteiger partial charge on any atom is 0.143 e. The van der Waals surface area contributed by atoms with E-state index in [0.717, 1.165) is 22.9 Å². The van der Waals surface area contributed by atoms with E-state index in [4.69, 9.17) is 0 Å². The summed E-state index contributed by atoms with van der Waals surface area (Å²) in [6.07, 6.45) is 4.36. The molecular weight excluding hydrogens is 184 g/mol. The zero-order chi connectivity index (χ0) is 8.67. The molecule has 2 aromatic heterocycles. The predicted octanol–water partition coefficient (Wildman–Crippen LogP) is 1.59. The Bertz CT molecular complexity index is 468. The third-order valence-corrected chi connectivity index (χ3v) is 2.87. The highest BCUT2D eigenvalue weighted by molar-refractivity contribution is 7.13. The standard InChI is InChI=1S/C8H6N4S/c1-3-9-6-2-4-13-8(6)12-5-10-11-7(1)12/h2-5H,1H2. The van der Waals surface area contributed by atoms with E-state index < -0.39 is 0 Å². The summed E-state index contributed by atoms with van der Waals surface area (Å²) in [5, 5.41) is 11.0. The number of hydrogen-bond donors (Lipinski definition) is 0. The molecule has 0 saturated heterocycles. The molecule has 0 spiro atoms. The summed E-state index contributed by atoms with van der Waals surface area (Å²) in [6.45, 7) is 0. The van der Waals surface area contributed by atoms with Crippen LogP contribution in [0.2, 0.25) is 0 Å². The van der Waals surface area contributed by atoms with E-state index in [-0.39, 0.29) is 0 Å². The van der Waals surface area contributed by atoms with Gasteiger partial charge in [-0.15, -0.1) is 21.5 Å². The van der Waals surface area contributed by atoms with Crippen LogP contribution in [0.4, 0.5) is 5.69 Å². The molecule has 64 valence electrons. The number of fused-ring (bicyclic) bond motifs is 3. The lowest BCUT2D eigenvalue weighted by Crippen LogP contribution is -1.96. The normalized spacial score (nSPS) is 13.5. The number of rotatable bonds is 0. The largest absolute Gasteiger partial charge is 0.274 e. The van der Waals surface area contributed by atoms with Crippen molar-refractivity contribution < 1.29 is 0 Å². The molecule has 0 radical (unpaired) electrons. The summed E-state index contributed by atoms with van der Waals surface area (Å²) in [5.74, 6) is 0.949. The van der Waals surface area contributed by atoms with E-state index in [0.29, 0.717) is 0 Å². The van der Waals surface area contributed by atoms with Gasteiger partial charge in [-0.05, 0) is 11.4 Å². The fraction of sp³-hybridized carbons (Fsp3) is 0.125. The van der Waals surface area contributed by atoms with Gasteiger partial charge in [0.1, 0.15) is 17.2 Å². The predicted molar refractivity (Wildman–Crippen MR) is 51.1 cm³/mol. The van der Waals surface area contributed by atoms with E-state index in [1.54, 1.807) is 17.7 Å². The van der Waals surface area contributed by atoms with Gasteiger partial charge in [0.25, 0.3) is 0 Å². The van der Waals surface area contributed by atoms with Gasteiger partial charge >= 0.3 is 0 Å². The van der Waals surface area contributed by atoms with Crippen molar-refractivity contribution in [1.82, 2.24) is 14.8 Å². The van der Waals surface area contributed by atoms with Crippen molar-refractivity contribution in [3.8, 4) is 5.00 Å². The topological polar surface area (TPSA) is 43.1 Å². The lowest BCUT2D eigenvalue weighted by Gasteiger charge is -1.98. The molecular formula is C8H6N4S. The molecule has 3 heterocycles. The molecule has 0 amide bonds. The molecule has 1 aliphatic heterocycles. The fourth-order valence-electron chi connectivity index (χ4n) is 1.37. The van der Waals surface area contributed by atoms with Crippen LogP contribution in [0.3, 0.4) is 0 Å². The average Bonchev–Trinajstić information content (AvgIpc) is 2.72. The van der Waals surface area contributed by atoms with Crippen LogP contribution in [0.15, 0.2) is 22.8 Å². The molecule has 3 rings (SSSR count). The van der Waals surface area contributed by atoms with Gasteiger partial charge in [-0.2, -0.15) is 0 Å². The Morgan fingerprint density at radius 3 is 3.46 bits per heavy atom. The van der Waals surface area contributed by atoms with Crippen molar-refractivity contribution in [2.45, 2.75) is 6.42 Å². The minimum Gasteiger partial charge on any atom is -0.274 e. The Morgan fingerprint density at radius 1 is 1.46 bits per heavy atom. The summed E-state index contributed by atoms with van der Waals surface area (Å²) in [5.41, 5.74) is 1.00. The third kappa shape index (κ3) is 0.936. The Hall–Kier alpha value is -1.49. The highest BCUT2D eigenvalue weighted by Crippen LogP contribution is 2.31. The molecule has 0 saturated carbocycles. The molecule has 13 heavy (non-hydrogen) atoms. The lowest BCUT2D eigenvalue weighted by atomic mass is 10.4. The zero-order valence-corrected chi connectivity index (χ0v) is 7.53. The minimum atomic E-state index is 0.751. The first-order valence-corrected chi connectivity index (χ1v) is 4.82. The van der Waals surface area contributed by atoms with Gasteiger partial charge in [-0.1, -0.05) is 0 Å². The maximum atomic E-state index is 4.33. The summed E-state index contributed by atoms with van der Waals surface area (Å²) in [4.78, 5) is 4.33. The Morgan fingerprint density at radius 2 is 2.46 bits per heavy atom. The highest BCUT2D eigenvalue weighted by atomic mass is 32.1. The van der Waals surface area contributed by atoms with Crippen molar-refractivity contribution in [2.24, 2.45) is 4.99 Å². The van der Waals surface area contributed by atoms with Crippen LogP contribution in [-0.4, -0.2) is 21.0 Å². The van der Waals surface area contributed by atoms with Crippen LogP contribution in [0.5, 0.6) is 0 Å². The van der Waals surface area contributed by atoms with Gasteiger partial charge in [-0.25, -0.2) is 0 Å². The maximum absolute atomic E-state index is 4.33. The summed E-state index contributed by atoms with van der Waals surface area (Å²) in [7, 11) is 0. The highest BCUT2D eigenvalue weighted by Gasteiger charge is 2.12. The SMILES string of the molecule is C1=Nc2ccsc2-n2cnnc2C1. The summed E-state index contributed by atoms with van der Waals surface area (Å²) in [6, 6.07) is 2.01. The van der Waals surface area contributed by atoms with E-state index >= 15 is 0 Å². The molecule has 0 atom stereocenters. The monoisotopic (exact) mass is 190 g/mol. The Labute approximate surface area is 78.6 Å². The Balaban J connectivity index is 2.34. The van der Waals surface area contributed by atoms with Crippen molar-refractivity contribution in [3.05, 3.63) is 23.6 Å². The quantitative estimate of drug-likeness (QED) is 0.633. The Kier molecular flexibility index (Phi) is 1.34. The van der Waals surface area contributed by atoms with Crippen LogP contribution < -0.4 is 0 Å². The summed E-state index contributed by atoms with van der Waals surface area (Å²) >= 11 is 1.66. The average molecular weight is 190 g/mol. The van der Waals surface area contributed by atoms with E-state index in [1.165, 1.54) is 0 Å². The molecule has 4 nitrogen and oxygen atoms in total. The smallest absolute Gasteiger partial charge is 0.143 e. The second-order valence-electron chi connectivity index (χ2n) is 2.74. The van der Waals surface area contributed by atoms with Crippen LogP contribution in [-0.2, 0) is 6.42 Å². The number of aliphatic imine (C=N–C) groups is 1. The van der Waals surface area contributed by atoms with E-state index in [2.05, 4.69) is 15.2 Å². The molecule has 1 aliphatic rings. The van der Waals surface area contributed by atoms with Crippen molar-refractivity contribution in [2.75, 3.05) is 0 Å². The van der Waals surface area contributed by atoms with Gasteiger partial charge in [0.05, 0.1) is 5.69 Å². The van der Waals surface area contributed by atoms with Gasteiger partial charge in [0.15, 0.2) is 0 Å². The number of nitrogens with zero attached hydrogens (tertiary/aromatic N) is 4. The number of thiophene rings is 1. The first kappa shape index (κ1) is 6.97. The first-order valence-electron chi connectivity index (χ1n) is 3.94. The number of hydrogen-bond acceptors (Lipinski definition) is 4.